The number of hydrogen-bond donors (Lipinski definition) is 1. The molecule has 0 aromatic heterocycles. The molecule has 9 heteroatoms. The van der Waals surface area contributed by atoms with Crippen LogP contribution in [0.25, 0.3) is 0 Å². The molecule has 0 bridgehead atoms. The Labute approximate surface area is 176 Å². The Morgan fingerprint density at radius 2 is 1.67 bits per heavy atom. The number of sulfonamides is 1. The molecule has 0 heterocycles. The van der Waals surface area contributed by atoms with Crippen molar-refractivity contribution in [1.82, 2.24) is 10.2 Å². The van der Waals surface area contributed by atoms with E-state index in [1.807, 2.05) is 30.3 Å². The van der Waals surface area contributed by atoms with Gasteiger partial charge in [0.15, 0.2) is 0 Å². The third-order valence-corrected chi connectivity index (χ3v) is 5.83. The molecular weight excluding hydrogens is 409 g/mol. The lowest BCUT2D eigenvalue weighted by atomic mass is 10.1. The normalized spacial score (nSPS) is 12.1. The van der Waals surface area contributed by atoms with Gasteiger partial charge >= 0.3 is 0 Å². The molecule has 0 aliphatic carbocycles. The van der Waals surface area contributed by atoms with Crippen molar-refractivity contribution >= 4 is 27.5 Å². The van der Waals surface area contributed by atoms with Crippen molar-refractivity contribution in [2.24, 2.45) is 0 Å². The van der Waals surface area contributed by atoms with E-state index in [4.69, 9.17) is 0 Å². The van der Waals surface area contributed by atoms with Crippen LogP contribution >= 0.6 is 0 Å². The van der Waals surface area contributed by atoms with Crippen LogP contribution in [-0.4, -0.2) is 57.6 Å². The van der Waals surface area contributed by atoms with Crippen LogP contribution < -0.4 is 9.62 Å². The number of halogens is 1. The molecule has 2 rings (SSSR count). The van der Waals surface area contributed by atoms with Gasteiger partial charge in [0.05, 0.1) is 11.9 Å². The Hall–Kier alpha value is -2.94. The van der Waals surface area contributed by atoms with Crippen LogP contribution in [0.1, 0.15) is 12.5 Å². The summed E-state index contributed by atoms with van der Waals surface area (Å²) in [4.78, 5) is 26.6. The number of hydrogen-bond acceptors (Lipinski definition) is 4. The molecule has 0 unspecified atom stereocenters. The van der Waals surface area contributed by atoms with E-state index in [1.54, 1.807) is 6.92 Å². The molecule has 1 atom stereocenters. The van der Waals surface area contributed by atoms with Crippen molar-refractivity contribution in [2.75, 3.05) is 30.7 Å². The standard InChI is InChI=1S/C21H26FN3O4S/c1-16(21(27)23-2)24(14-13-17-7-5-4-6-8-17)20(26)15-25(30(3,28)29)19-11-9-18(22)10-12-19/h4-12,16H,13-15H2,1-3H3,(H,23,27)/t16-/m1/s1. The maximum atomic E-state index is 13.2. The summed E-state index contributed by atoms with van der Waals surface area (Å²) < 4.78 is 38.7. The Morgan fingerprint density at radius 1 is 1.07 bits per heavy atom. The average molecular weight is 436 g/mol. The van der Waals surface area contributed by atoms with Crippen LogP contribution in [0, 0.1) is 5.82 Å². The predicted molar refractivity (Wildman–Crippen MR) is 114 cm³/mol. The van der Waals surface area contributed by atoms with Gasteiger partial charge in [0, 0.05) is 13.6 Å². The molecule has 7 nitrogen and oxygen atoms in total. The van der Waals surface area contributed by atoms with Crippen molar-refractivity contribution in [1.29, 1.82) is 0 Å². The number of nitrogens with one attached hydrogen (secondary N) is 1. The molecule has 0 fully saturated rings. The molecule has 2 amide bonds. The van der Waals surface area contributed by atoms with E-state index < -0.39 is 34.3 Å². The van der Waals surface area contributed by atoms with E-state index in [0.717, 1.165) is 28.3 Å². The van der Waals surface area contributed by atoms with Crippen molar-refractivity contribution in [3.05, 3.63) is 66.0 Å². The van der Waals surface area contributed by atoms with Crippen molar-refractivity contribution in [3.8, 4) is 0 Å². The van der Waals surface area contributed by atoms with Crippen molar-refractivity contribution < 1.29 is 22.4 Å². The SMILES string of the molecule is CNC(=O)[C@@H](C)N(CCc1ccccc1)C(=O)CN(c1ccc(F)cc1)S(C)(=O)=O. The molecule has 2 aromatic carbocycles. The molecule has 162 valence electrons. The number of rotatable bonds is 9. The van der Waals surface area contributed by atoms with Crippen LogP contribution in [0.4, 0.5) is 10.1 Å². The smallest absolute Gasteiger partial charge is 0.244 e. The number of benzene rings is 2. The van der Waals surface area contributed by atoms with Gasteiger partial charge in [-0.3, -0.25) is 13.9 Å². The molecule has 0 spiro atoms. The highest BCUT2D eigenvalue weighted by Crippen LogP contribution is 2.19. The Kier molecular flexibility index (Phi) is 7.93. The van der Waals surface area contributed by atoms with E-state index in [0.29, 0.717) is 6.42 Å². The fraction of sp³-hybridized carbons (Fsp3) is 0.333. The topological polar surface area (TPSA) is 86.8 Å². The van der Waals surface area contributed by atoms with Gasteiger partial charge in [-0.25, -0.2) is 12.8 Å². The van der Waals surface area contributed by atoms with Gasteiger partial charge in [0.1, 0.15) is 18.4 Å². The van der Waals surface area contributed by atoms with Gasteiger partial charge in [0.25, 0.3) is 0 Å². The third-order valence-electron chi connectivity index (χ3n) is 4.69. The molecule has 0 aliphatic rings. The third kappa shape index (κ3) is 6.28. The minimum absolute atomic E-state index is 0.169. The summed E-state index contributed by atoms with van der Waals surface area (Å²) in [5.74, 6) is -1.41. The Bertz CT molecular complexity index is 966. The molecule has 2 aromatic rings. The second kappa shape index (κ2) is 10.2. The minimum atomic E-state index is -3.82. The van der Waals surface area contributed by atoms with Gasteiger partial charge in [-0.1, -0.05) is 30.3 Å². The number of carbonyl (C=O) groups is 2. The fourth-order valence-corrected chi connectivity index (χ4v) is 3.85. The first-order valence-electron chi connectivity index (χ1n) is 9.41. The average Bonchev–Trinajstić information content (AvgIpc) is 2.72. The van der Waals surface area contributed by atoms with Crippen LogP contribution in [-0.2, 0) is 26.0 Å². The van der Waals surface area contributed by atoms with Gasteiger partial charge < -0.3 is 10.2 Å². The number of likely N-dealkylation sites (N-methyl/N-ethyl adjacent to an activating group) is 1. The molecule has 0 saturated heterocycles. The second-order valence-electron chi connectivity index (χ2n) is 6.86. The zero-order valence-corrected chi connectivity index (χ0v) is 18.0. The highest BCUT2D eigenvalue weighted by molar-refractivity contribution is 7.92. The minimum Gasteiger partial charge on any atom is -0.357 e. The lowest BCUT2D eigenvalue weighted by molar-refractivity contribution is -0.138. The van der Waals surface area contributed by atoms with E-state index in [1.165, 1.54) is 24.1 Å². The van der Waals surface area contributed by atoms with E-state index in [-0.39, 0.29) is 18.1 Å². The lowest BCUT2D eigenvalue weighted by Gasteiger charge is -2.31. The van der Waals surface area contributed by atoms with Gasteiger partial charge in [-0.2, -0.15) is 0 Å². The van der Waals surface area contributed by atoms with Crippen LogP contribution in [0.5, 0.6) is 0 Å². The Balaban J connectivity index is 2.27. The zero-order chi connectivity index (χ0) is 22.3. The maximum Gasteiger partial charge on any atom is 0.244 e. The zero-order valence-electron chi connectivity index (χ0n) is 17.2. The number of carbonyl (C=O) groups excluding carboxylic acids is 2. The summed E-state index contributed by atoms with van der Waals surface area (Å²) in [6.45, 7) is 1.32. The summed E-state index contributed by atoms with van der Waals surface area (Å²) >= 11 is 0. The van der Waals surface area contributed by atoms with Gasteiger partial charge in [-0.05, 0) is 43.2 Å². The van der Waals surface area contributed by atoms with Gasteiger partial charge in [0.2, 0.25) is 21.8 Å². The largest absolute Gasteiger partial charge is 0.357 e. The molecule has 0 radical (unpaired) electrons. The Morgan fingerprint density at radius 3 is 2.20 bits per heavy atom. The van der Waals surface area contributed by atoms with E-state index >= 15 is 0 Å². The highest BCUT2D eigenvalue weighted by atomic mass is 32.2. The summed E-state index contributed by atoms with van der Waals surface area (Å²) in [6.07, 6.45) is 1.48. The number of anilines is 1. The summed E-state index contributed by atoms with van der Waals surface area (Å²) in [5, 5.41) is 2.51. The van der Waals surface area contributed by atoms with Crippen molar-refractivity contribution in [3.63, 3.8) is 0 Å². The lowest BCUT2D eigenvalue weighted by Crippen LogP contribution is -2.51. The van der Waals surface area contributed by atoms with E-state index in [9.17, 15) is 22.4 Å². The van der Waals surface area contributed by atoms with Crippen molar-refractivity contribution in [2.45, 2.75) is 19.4 Å². The summed E-state index contributed by atoms with van der Waals surface area (Å²) in [5.41, 5.74) is 1.15. The first kappa shape index (κ1) is 23.3. The highest BCUT2D eigenvalue weighted by Gasteiger charge is 2.29. The number of amides is 2. The molecule has 0 saturated carbocycles. The molecule has 0 aliphatic heterocycles. The maximum absolute atomic E-state index is 13.2. The molecular formula is C21H26FN3O4S. The fourth-order valence-electron chi connectivity index (χ4n) is 3.00. The summed E-state index contributed by atoms with van der Waals surface area (Å²) in [6, 6.07) is 13.5. The first-order chi connectivity index (χ1) is 14.1. The van der Waals surface area contributed by atoms with E-state index in [2.05, 4.69) is 5.32 Å². The number of nitrogens with zero attached hydrogens (tertiary/aromatic N) is 2. The molecule has 30 heavy (non-hydrogen) atoms. The van der Waals surface area contributed by atoms with Crippen LogP contribution in [0.15, 0.2) is 54.6 Å². The quantitative estimate of drug-likeness (QED) is 0.651. The second-order valence-corrected chi connectivity index (χ2v) is 8.77. The van der Waals surface area contributed by atoms with Crippen LogP contribution in [0.3, 0.4) is 0 Å². The summed E-state index contributed by atoms with van der Waals surface area (Å²) in [7, 11) is -2.34. The van der Waals surface area contributed by atoms with Crippen LogP contribution in [0.2, 0.25) is 0 Å². The molecule has 1 N–H and O–H groups in total. The monoisotopic (exact) mass is 435 g/mol. The predicted octanol–water partition coefficient (Wildman–Crippen LogP) is 1.80. The van der Waals surface area contributed by atoms with Gasteiger partial charge in [-0.15, -0.1) is 0 Å². The first-order valence-corrected chi connectivity index (χ1v) is 11.3.